The van der Waals surface area contributed by atoms with Gasteiger partial charge in [0.05, 0.1) is 17.7 Å². The van der Waals surface area contributed by atoms with Crippen molar-refractivity contribution in [1.29, 1.82) is 0 Å². The van der Waals surface area contributed by atoms with E-state index in [2.05, 4.69) is 9.97 Å². The Hall–Kier alpha value is -2.49. The Labute approximate surface area is 174 Å². The molecule has 0 radical (unpaired) electrons. The van der Waals surface area contributed by atoms with Gasteiger partial charge in [0, 0.05) is 32.7 Å². The van der Waals surface area contributed by atoms with Gasteiger partial charge in [-0.2, -0.15) is 4.98 Å². The molecule has 30 heavy (non-hydrogen) atoms. The highest BCUT2D eigenvalue weighted by molar-refractivity contribution is 5.86. The summed E-state index contributed by atoms with van der Waals surface area (Å²) in [6.45, 7) is 1.79. The number of anilines is 2. The average Bonchev–Trinajstić information content (AvgIpc) is 3.04. The van der Waals surface area contributed by atoms with E-state index in [0.29, 0.717) is 19.6 Å². The molecule has 2 aliphatic heterocycles. The summed E-state index contributed by atoms with van der Waals surface area (Å²) in [5.74, 6) is -0.713. The second kappa shape index (κ2) is 7.98. The molecule has 1 aromatic rings. The lowest BCUT2D eigenvalue weighted by atomic mass is 9.78. The van der Waals surface area contributed by atoms with Crippen molar-refractivity contribution in [3.63, 3.8) is 0 Å². The van der Waals surface area contributed by atoms with Crippen LogP contribution < -0.4 is 9.80 Å². The normalized spacial score (nSPS) is 29.5. The Bertz CT molecular complexity index is 831. The maximum Gasteiger partial charge on any atom is 0.412 e. The monoisotopic (exact) mass is 421 g/mol. The first-order valence-corrected chi connectivity index (χ1v) is 10.5. The minimum absolute atomic E-state index is 0.151. The van der Waals surface area contributed by atoms with E-state index in [1.807, 2.05) is 9.80 Å². The quantitative estimate of drug-likeness (QED) is 0.766. The molecular formula is C20H28FN5O4. The van der Waals surface area contributed by atoms with Gasteiger partial charge in [-0.15, -0.1) is 0 Å². The third-order valence-electron chi connectivity index (χ3n) is 6.83. The molecule has 0 aromatic carbocycles. The van der Waals surface area contributed by atoms with Gasteiger partial charge in [-0.1, -0.05) is 0 Å². The first-order chi connectivity index (χ1) is 14.3. The van der Waals surface area contributed by atoms with Crippen LogP contribution in [0.3, 0.4) is 0 Å². The molecule has 1 unspecified atom stereocenters. The second-order valence-electron chi connectivity index (χ2n) is 8.70. The molecule has 1 saturated carbocycles. The number of halogens is 1. The predicted octanol–water partition coefficient (Wildman–Crippen LogP) is 1.85. The van der Waals surface area contributed by atoms with Crippen LogP contribution in [-0.2, 0) is 4.79 Å². The van der Waals surface area contributed by atoms with Gasteiger partial charge >= 0.3 is 6.09 Å². The van der Waals surface area contributed by atoms with Crippen LogP contribution in [0.1, 0.15) is 44.9 Å². The fraction of sp³-hybridized carbons (Fsp3) is 0.700. The molecule has 0 bridgehead atoms. The number of hydrogen-bond donors (Lipinski definition) is 2. The van der Waals surface area contributed by atoms with Crippen molar-refractivity contribution in [1.82, 2.24) is 14.9 Å². The van der Waals surface area contributed by atoms with E-state index in [1.54, 1.807) is 0 Å². The fourth-order valence-electron chi connectivity index (χ4n) is 5.07. The topological polar surface area (TPSA) is 110 Å². The number of nitrogens with zero attached hydrogens (tertiary/aromatic N) is 5. The number of likely N-dealkylation sites (tertiary alicyclic amines) is 1. The zero-order chi connectivity index (χ0) is 21.5. The standard InChI is InChI=1S/C20H28FN5O4/c1-24(19(29)30)16-15(21)11-22-18(23-16)25-9-2-7-20(12-25)8-10-26(17(20)28)13-3-5-14(27)6-4-13/h11,13-14,27H,2-10,12H2,1H3,(H,29,30). The van der Waals surface area contributed by atoms with Crippen molar-refractivity contribution < 1.29 is 24.2 Å². The molecule has 2 saturated heterocycles. The molecule has 1 aliphatic carbocycles. The molecule has 10 heteroatoms. The Morgan fingerprint density at radius 3 is 2.70 bits per heavy atom. The van der Waals surface area contributed by atoms with Crippen LogP contribution in [0.25, 0.3) is 0 Å². The van der Waals surface area contributed by atoms with Crippen molar-refractivity contribution >= 4 is 23.8 Å². The fourth-order valence-corrected chi connectivity index (χ4v) is 5.07. The molecule has 1 aromatic heterocycles. The summed E-state index contributed by atoms with van der Waals surface area (Å²) in [6.07, 6.45) is 4.87. The third-order valence-corrected chi connectivity index (χ3v) is 6.83. The Kier molecular flexibility index (Phi) is 5.52. The van der Waals surface area contributed by atoms with E-state index in [1.165, 1.54) is 7.05 Å². The summed E-state index contributed by atoms with van der Waals surface area (Å²) in [5.41, 5.74) is -0.509. The number of carbonyl (C=O) groups excluding carboxylic acids is 1. The highest BCUT2D eigenvalue weighted by Gasteiger charge is 2.51. The van der Waals surface area contributed by atoms with E-state index in [-0.39, 0.29) is 29.8 Å². The summed E-state index contributed by atoms with van der Waals surface area (Å²) in [6, 6.07) is 0.188. The first kappa shape index (κ1) is 20.8. The number of hydrogen-bond acceptors (Lipinski definition) is 6. The number of aliphatic hydroxyl groups excluding tert-OH is 1. The van der Waals surface area contributed by atoms with Crippen LogP contribution in [-0.4, -0.2) is 75.9 Å². The van der Waals surface area contributed by atoms with Crippen LogP contribution in [0.4, 0.5) is 21.0 Å². The number of rotatable bonds is 3. The van der Waals surface area contributed by atoms with E-state index in [4.69, 9.17) is 5.11 Å². The number of carbonyl (C=O) groups is 2. The van der Waals surface area contributed by atoms with Gasteiger partial charge in [0.15, 0.2) is 11.6 Å². The Morgan fingerprint density at radius 1 is 1.27 bits per heavy atom. The van der Waals surface area contributed by atoms with Crippen LogP contribution in [0.15, 0.2) is 6.20 Å². The number of amides is 2. The van der Waals surface area contributed by atoms with E-state index < -0.39 is 17.3 Å². The maximum atomic E-state index is 14.1. The van der Waals surface area contributed by atoms with Crippen LogP contribution in [0, 0.1) is 11.2 Å². The zero-order valence-corrected chi connectivity index (χ0v) is 17.1. The Morgan fingerprint density at radius 2 is 2.00 bits per heavy atom. The maximum absolute atomic E-state index is 14.1. The molecule has 164 valence electrons. The minimum Gasteiger partial charge on any atom is -0.465 e. The minimum atomic E-state index is -1.31. The van der Waals surface area contributed by atoms with Gasteiger partial charge in [0.25, 0.3) is 0 Å². The lowest BCUT2D eigenvalue weighted by molar-refractivity contribution is -0.139. The smallest absolute Gasteiger partial charge is 0.412 e. The largest absolute Gasteiger partial charge is 0.465 e. The summed E-state index contributed by atoms with van der Waals surface area (Å²) in [4.78, 5) is 37.4. The van der Waals surface area contributed by atoms with E-state index in [0.717, 1.165) is 56.0 Å². The highest BCUT2D eigenvalue weighted by Crippen LogP contribution is 2.43. The van der Waals surface area contributed by atoms with Gasteiger partial charge in [-0.3, -0.25) is 9.69 Å². The molecule has 1 atom stereocenters. The van der Waals surface area contributed by atoms with Gasteiger partial charge in [-0.05, 0) is 44.9 Å². The highest BCUT2D eigenvalue weighted by atomic mass is 19.1. The predicted molar refractivity (Wildman–Crippen MR) is 107 cm³/mol. The van der Waals surface area contributed by atoms with Crippen LogP contribution in [0.2, 0.25) is 0 Å². The summed E-state index contributed by atoms with van der Waals surface area (Å²) in [5, 5.41) is 18.9. The van der Waals surface area contributed by atoms with Gasteiger partial charge in [0.1, 0.15) is 0 Å². The van der Waals surface area contributed by atoms with E-state index in [9.17, 15) is 19.1 Å². The lowest BCUT2D eigenvalue weighted by Crippen LogP contribution is -2.50. The Balaban J connectivity index is 1.52. The number of aromatic nitrogens is 2. The molecule has 4 rings (SSSR count). The second-order valence-corrected chi connectivity index (χ2v) is 8.70. The molecule has 3 aliphatic rings. The zero-order valence-electron chi connectivity index (χ0n) is 17.1. The van der Waals surface area contributed by atoms with E-state index >= 15 is 0 Å². The van der Waals surface area contributed by atoms with Crippen molar-refractivity contribution in [3.05, 3.63) is 12.0 Å². The van der Waals surface area contributed by atoms with Crippen LogP contribution >= 0.6 is 0 Å². The average molecular weight is 421 g/mol. The molecule has 2 N–H and O–H groups in total. The molecule has 3 fully saturated rings. The number of piperidine rings is 1. The molecule has 2 amide bonds. The van der Waals surface area contributed by atoms with Crippen molar-refractivity contribution in [2.24, 2.45) is 5.41 Å². The van der Waals surface area contributed by atoms with Gasteiger partial charge in [-0.25, -0.2) is 14.2 Å². The lowest BCUT2D eigenvalue weighted by Gasteiger charge is -2.40. The third kappa shape index (κ3) is 3.68. The summed E-state index contributed by atoms with van der Waals surface area (Å²) >= 11 is 0. The first-order valence-electron chi connectivity index (χ1n) is 10.5. The molecule has 1 spiro atoms. The van der Waals surface area contributed by atoms with Gasteiger partial charge in [0.2, 0.25) is 11.9 Å². The van der Waals surface area contributed by atoms with Crippen LogP contribution in [0.5, 0.6) is 0 Å². The number of carboxylic acid groups (broad SMARTS) is 1. The molecule has 3 heterocycles. The number of aliphatic hydroxyl groups is 1. The van der Waals surface area contributed by atoms with Crippen molar-refractivity contribution in [2.45, 2.75) is 57.1 Å². The SMILES string of the molecule is CN(C(=O)O)c1nc(N2CCCC3(CCN(C4CCC(O)CC4)C3=O)C2)ncc1F. The molecule has 9 nitrogen and oxygen atoms in total. The molecular weight excluding hydrogens is 393 g/mol. The summed E-state index contributed by atoms with van der Waals surface area (Å²) < 4.78 is 14.1. The van der Waals surface area contributed by atoms with Gasteiger partial charge < -0.3 is 20.0 Å². The summed E-state index contributed by atoms with van der Waals surface area (Å²) in [7, 11) is 1.23. The van der Waals surface area contributed by atoms with Crippen molar-refractivity contribution in [3.8, 4) is 0 Å². The van der Waals surface area contributed by atoms with Crippen molar-refractivity contribution in [2.75, 3.05) is 36.5 Å².